The van der Waals surface area contributed by atoms with Gasteiger partial charge in [-0.15, -0.1) is 5.10 Å². The molecule has 118 valence electrons. The van der Waals surface area contributed by atoms with Crippen LogP contribution in [0.2, 0.25) is 0 Å². The second-order valence-electron chi connectivity index (χ2n) is 4.87. The van der Waals surface area contributed by atoms with E-state index in [0.717, 1.165) is 6.07 Å². The van der Waals surface area contributed by atoms with E-state index in [-0.39, 0.29) is 17.0 Å². The molecule has 0 saturated heterocycles. The van der Waals surface area contributed by atoms with Crippen LogP contribution in [0.1, 0.15) is 21.6 Å². The van der Waals surface area contributed by atoms with Gasteiger partial charge >= 0.3 is 5.97 Å². The summed E-state index contributed by atoms with van der Waals surface area (Å²) in [5.74, 6) is -1.17. The van der Waals surface area contributed by atoms with Crippen molar-refractivity contribution in [2.24, 2.45) is 7.05 Å². The van der Waals surface area contributed by atoms with Crippen LogP contribution in [0.15, 0.2) is 29.3 Å². The van der Waals surface area contributed by atoms with Crippen molar-refractivity contribution in [2.45, 2.75) is 18.2 Å². The highest BCUT2D eigenvalue weighted by atomic mass is 32.2. The maximum Gasteiger partial charge on any atom is 0.335 e. The van der Waals surface area contributed by atoms with Gasteiger partial charge in [0.2, 0.25) is 10.0 Å². The van der Waals surface area contributed by atoms with Crippen molar-refractivity contribution in [3.05, 3.63) is 41.2 Å². The predicted molar refractivity (Wildman–Crippen MR) is 78.0 cm³/mol. The van der Waals surface area contributed by atoms with Crippen LogP contribution in [-0.4, -0.2) is 41.0 Å². The van der Waals surface area contributed by atoms with Gasteiger partial charge in [-0.1, -0.05) is 5.21 Å². The van der Waals surface area contributed by atoms with Crippen LogP contribution >= 0.6 is 0 Å². The average molecular weight is 324 g/mol. The number of carbonyl (C=O) groups is 1. The van der Waals surface area contributed by atoms with Crippen molar-refractivity contribution in [2.75, 3.05) is 6.54 Å². The van der Waals surface area contributed by atoms with Gasteiger partial charge in [0.1, 0.15) is 0 Å². The van der Waals surface area contributed by atoms with Crippen molar-refractivity contribution in [1.29, 1.82) is 0 Å². The zero-order valence-electron chi connectivity index (χ0n) is 12.1. The van der Waals surface area contributed by atoms with Crippen molar-refractivity contribution in [3.63, 3.8) is 0 Å². The van der Waals surface area contributed by atoms with Crippen LogP contribution in [0.25, 0.3) is 0 Å². The molecule has 1 aromatic heterocycles. The summed E-state index contributed by atoms with van der Waals surface area (Å²) >= 11 is 0. The van der Waals surface area contributed by atoms with E-state index in [9.17, 15) is 13.2 Å². The summed E-state index contributed by atoms with van der Waals surface area (Å²) < 4.78 is 28.4. The molecule has 1 aromatic carbocycles. The first-order chi connectivity index (χ1) is 10.3. The molecular formula is C13H16N4O4S. The van der Waals surface area contributed by atoms with Gasteiger partial charge in [0.15, 0.2) is 0 Å². The van der Waals surface area contributed by atoms with E-state index in [0.29, 0.717) is 17.7 Å². The monoisotopic (exact) mass is 324 g/mol. The molecule has 0 radical (unpaired) electrons. The Kier molecular flexibility index (Phi) is 4.57. The Hall–Kier alpha value is -2.26. The number of nitrogens with one attached hydrogen (secondary N) is 1. The number of carboxylic acids is 1. The lowest BCUT2D eigenvalue weighted by atomic mass is 10.1. The number of hydrogen-bond donors (Lipinski definition) is 2. The molecule has 9 heteroatoms. The van der Waals surface area contributed by atoms with Gasteiger partial charge in [0.25, 0.3) is 0 Å². The molecule has 0 bridgehead atoms. The molecule has 0 atom stereocenters. The molecule has 0 unspecified atom stereocenters. The Balaban J connectivity index is 2.11. The first-order valence-corrected chi connectivity index (χ1v) is 7.96. The van der Waals surface area contributed by atoms with E-state index < -0.39 is 16.0 Å². The minimum Gasteiger partial charge on any atom is -0.478 e. The molecule has 0 aliphatic carbocycles. The molecule has 0 fully saturated rings. The van der Waals surface area contributed by atoms with Crippen molar-refractivity contribution in [1.82, 2.24) is 19.7 Å². The van der Waals surface area contributed by atoms with Crippen LogP contribution in [-0.2, 0) is 23.5 Å². The number of nitrogens with zero attached hydrogens (tertiary/aromatic N) is 3. The second kappa shape index (κ2) is 6.24. The van der Waals surface area contributed by atoms with E-state index >= 15 is 0 Å². The number of aryl methyl sites for hydroxylation is 2. The summed E-state index contributed by atoms with van der Waals surface area (Å²) in [5, 5.41) is 16.6. The molecule has 2 N–H and O–H groups in total. The first kappa shape index (κ1) is 16.1. The second-order valence-corrected chi connectivity index (χ2v) is 6.64. The van der Waals surface area contributed by atoms with Crippen molar-refractivity contribution >= 4 is 16.0 Å². The zero-order chi connectivity index (χ0) is 16.3. The maximum atomic E-state index is 12.2. The van der Waals surface area contributed by atoms with E-state index in [2.05, 4.69) is 15.0 Å². The van der Waals surface area contributed by atoms with E-state index in [1.165, 1.54) is 16.8 Å². The largest absolute Gasteiger partial charge is 0.478 e. The normalized spacial score (nSPS) is 11.5. The fourth-order valence-corrected chi connectivity index (χ4v) is 3.09. The van der Waals surface area contributed by atoms with Crippen LogP contribution < -0.4 is 4.72 Å². The smallest absolute Gasteiger partial charge is 0.335 e. The number of hydrogen-bond acceptors (Lipinski definition) is 5. The van der Waals surface area contributed by atoms with Crippen molar-refractivity contribution in [3.8, 4) is 0 Å². The highest BCUT2D eigenvalue weighted by Crippen LogP contribution is 2.15. The molecule has 22 heavy (non-hydrogen) atoms. The van der Waals surface area contributed by atoms with E-state index in [1.54, 1.807) is 20.2 Å². The number of sulfonamides is 1. The zero-order valence-corrected chi connectivity index (χ0v) is 13.0. The number of benzene rings is 1. The lowest BCUT2D eigenvalue weighted by Crippen LogP contribution is -2.26. The summed E-state index contributed by atoms with van der Waals surface area (Å²) in [4.78, 5) is 10.9. The van der Waals surface area contributed by atoms with Gasteiger partial charge < -0.3 is 5.11 Å². The van der Waals surface area contributed by atoms with E-state index in [4.69, 9.17) is 5.11 Å². The van der Waals surface area contributed by atoms with Crippen molar-refractivity contribution < 1.29 is 18.3 Å². The lowest BCUT2D eigenvalue weighted by molar-refractivity contribution is 0.0696. The minimum atomic E-state index is -3.77. The molecule has 8 nitrogen and oxygen atoms in total. The Morgan fingerprint density at radius 1 is 1.36 bits per heavy atom. The standard InChI is InChI=1S/C13H16N4O4S/c1-9-5-10(13(18)19)7-12(6-9)22(20,21)14-4-3-11-8-17(2)16-15-11/h5-8,14H,3-4H2,1-2H3,(H,18,19). The molecule has 2 aromatic rings. The molecule has 1 heterocycles. The Bertz CT molecular complexity index is 798. The third kappa shape index (κ3) is 3.89. The number of carboxylic acid groups (broad SMARTS) is 1. The Morgan fingerprint density at radius 2 is 2.09 bits per heavy atom. The average Bonchev–Trinajstić information content (AvgIpc) is 2.83. The van der Waals surface area contributed by atoms with Crippen LogP contribution in [0, 0.1) is 6.92 Å². The van der Waals surface area contributed by atoms with Crippen LogP contribution in [0.5, 0.6) is 0 Å². The van der Waals surface area contributed by atoms with Gasteiger partial charge in [-0.3, -0.25) is 4.68 Å². The Labute approximate surface area is 127 Å². The quantitative estimate of drug-likeness (QED) is 0.792. The molecule has 0 aliphatic rings. The van der Waals surface area contributed by atoms with Gasteiger partial charge in [-0.25, -0.2) is 17.9 Å². The highest BCUT2D eigenvalue weighted by Gasteiger charge is 2.17. The maximum absolute atomic E-state index is 12.2. The number of aromatic carboxylic acids is 1. The fourth-order valence-electron chi connectivity index (χ4n) is 1.93. The lowest BCUT2D eigenvalue weighted by Gasteiger charge is -2.08. The summed E-state index contributed by atoms with van der Waals surface area (Å²) in [7, 11) is -2.05. The third-order valence-electron chi connectivity index (χ3n) is 2.93. The number of rotatable bonds is 6. The highest BCUT2D eigenvalue weighted by molar-refractivity contribution is 7.89. The van der Waals surface area contributed by atoms with Gasteiger partial charge in [0.05, 0.1) is 16.2 Å². The summed E-state index contributed by atoms with van der Waals surface area (Å²) in [6.45, 7) is 1.79. The Morgan fingerprint density at radius 3 is 2.68 bits per heavy atom. The molecule has 2 rings (SSSR count). The minimum absolute atomic E-state index is 0.0608. The molecular weight excluding hydrogens is 308 g/mol. The SMILES string of the molecule is Cc1cc(C(=O)O)cc(S(=O)(=O)NCCc2cn(C)nn2)c1. The predicted octanol–water partition coefficient (Wildman–Crippen LogP) is 0.343. The fraction of sp³-hybridized carbons (Fsp3) is 0.308. The molecule has 0 saturated carbocycles. The topological polar surface area (TPSA) is 114 Å². The van der Waals surface area contributed by atoms with Gasteiger partial charge in [-0.05, 0) is 30.7 Å². The van der Waals surface area contributed by atoms with Gasteiger partial charge in [0, 0.05) is 26.2 Å². The van der Waals surface area contributed by atoms with Gasteiger partial charge in [-0.2, -0.15) is 0 Å². The van der Waals surface area contributed by atoms with E-state index in [1.807, 2.05) is 0 Å². The summed E-state index contributed by atoms with van der Waals surface area (Å²) in [6.07, 6.45) is 2.09. The molecule has 0 spiro atoms. The molecule has 0 aliphatic heterocycles. The molecule has 0 amide bonds. The first-order valence-electron chi connectivity index (χ1n) is 6.48. The summed E-state index contributed by atoms with van der Waals surface area (Å²) in [5.41, 5.74) is 1.17. The third-order valence-corrected chi connectivity index (χ3v) is 4.37. The number of aromatic nitrogens is 3. The summed E-state index contributed by atoms with van der Waals surface area (Å²) in [6, 6.07) is 3.98. The van der Waals surface area contributed by atoms with Crippen LogP contribution in [0.4, 0.5) is 0 Å². The van der Waals surface area contributed by atoms with Crippen LogP contribution in [0.3, 0.4) is 0 Å².